The van der Waals surface area contributed by atoms with Crippen molar-refractivity contribution in [2.24, 2.45) is 5.92 Å². The molecule has 0 aromatic heterocycles. The van der Waals surface area contributed by atoms with Crippen LogP contribution in [0.1, 0.15) is 34.1 Å². The second-order valence-corrected chi connectivity index (χ2v) is 5.03. The molecular formula is C9H17NO3. The van der Waals surface area contributed by atoms with E-state index in [4.69, 9.17) is 5.11 Å². The van der Waals surface area contributed by atoms with Crippen LogP contribution in [0.5, 0.6) is 0 Å². The first kappa shape index (κ1) is 10.5. The van der Waals surface area contributed by atoms with Gasteiger partial charge in [0.25, 0.3) is 0 Å². The van der Waals surface area contributed by atoms with Crippen LogP contribution in [0.15, 0.2) is 0 Å². The van der Waals surface area contributed by atoms with Crippen molar-refractivity contribution in [2.75, 3.05) is 0 Å². The van der Waals surface area contributed by atoms with Gasteiger partial charge in [0, 0.05) is 6.42 Å². The molecule has 1 fully saturated rings. The van der Waals surface area contributed by atoms with Gasteiger partial charge >= 0.3 is 5.97 Å². The minimum atomic E-state index is -0.857. The number of hydrogen-bond donors (Lipinski definition) is 2. The number of hydrogen-bond acceptors (Lipinski definition) is 2. The van der Waals surface area contributed by atoms with Crippen molar-refractivity contribution < 1.29 is 15.0 Å². The average Bonchev–Trinajstić information content (AvgIpc) is 2.11. The molecule has 0 aromatic carbocycles. The summed E-state index contributed by atoms with van der Waals surface area (Å²) in [5.41, 5.74) is -1.19. The number of carboxylic acids is 1. The Morgan fingerprint density at radius 1 is 1.46 bits per heavy atom. The fourth-order valence-electron chi connectivity index (χ4n) is 2.28. The van der Waals surface area contributed by atoms with E-state index < -0.39 is 23.0 Å². The van der Waals surface area contributed by atoms with E-state index in [1.807, 2.05) is 13.8 Å². The molecule has 0 amide bonds. The summed E-state index contributed by atoms with van der Waals surface area (Å²) in [6.45, 7) is 7.09. The lowest BCUT2D eigenvalue weighted by Gasteiger charge is -2.40. The quantitative estimate of drug-likeness (QED) is 0.569. The second-order valence-electron chi connectivity index (χ2n) is 5.03. The van der Waals surface area contributed by atoms with E-state index >= 15 is 0 Å². The van der Waals surface area contributed by atoms with Crippen molar-refractivity contribution in [3.63, 3.8) is 0 Å². The molecule has 0 aliphatic carbocycles. The highest BCUT2D eigenvalue weighted by Gasteiger charge is 2.55. The van der Waals surface area contributed by atoms with E-state index in [2.05, 4.69) is 0 Å². The van der Waals surface area contributed by atoms with Crippen LogP contribution in [0.2, 0.25) is 0 Å². The maximum atomic E-state index is 11.8. The first-order chi connectivity index (χ1) is 5.69. The number of rotatable bonds is 1. The van der Waals surface area contributed by atoms with E-state index in [9.17, 15) is 10.0 Å². The van der Waals surface area contributed by atoms with Crippen molar-refractivity contribution in [2.45, 2.75) is 45.2 Å². The molecule has 76 valence electrons. The molecule has 2 atom stereocenters. The lowest BCUT2D eigenvalue weighted by atomic mass is 9.87. The van der Waals surface area contributed by atoms with Gasteiger partial charge in [0.15, 0.2) is 0 Å². The number of hydroxylamine groups is 2. The number of quaternary nitrogens is 1. The maximum absolute atomic E-state index is 11.8. The Balaban J connectivity index is 3.00. The van der Waals surface area contributed by atoms with Crippen molar-refractivity contribution in [1.29, 1.82) is 0 Å². The summed E-state index contributed by atoms with van der Waals surface area (Å²) in [5.74, 6) is -1.39. The molecule has 0 bridgehead atoms. The van der Waals surface area contributed by atoms with Gasteiger partial charge in [0.2, 0.25) is 0 Å². The highest BCUT2D eigenvalue weighted by molar-refractivity contribution is 5.71. The van der Waals surface area contributed by atoms with Crippen LogP contribution >= 0.6 is 0 Å². The Hall–Kier alpha value is -0.610. The third-order valence-electron chi connectivity index (χ3n) is 3.08. The molecule has 1 aliphatic heterocycles. The smallest absolute Gasteiger partial charge is 0.313 e. The minimum Gasteiger partial charge on any atom is -0.634 e. The van der Waals surface area contributed by atoms with Crippen LogP contribution in [0.25, 0.3) is 0 Å². The maximum Gasteiger partial charge on any atom is 0.313 e. The van der Waals surface area contributed by atoms with Gasteiger partial charge in [0.1, 0.15) is 11.5 Å². The van der Waals surface area contributed by atoms with Crippen LogP contribution in [0.4, 0.5) is 0 Å². The molecule has 0 spiro atoms. The predicted molar refractivity (Wildman–Crippen MR) is 48.2 cm³/mol. The van der Waals surface area contributed by atoms with E-state index in [-0.39, 0.29) is 5.06 Å². The van der Waals surface area contributed by atoms with Crippen molar-refractivity contribution in [3.8, 4) is 0 Å². The van der Waals surface area contributed by atoms with E-state index in [0.717, 1.165) is 0 Å². The summed E-state index contributed by atoms with van der Waals surface area (Å²) >= 11 is 0. The van der Waals surface area contributed by atoms with Crippen molar-refractivity contribution in [3.05, 3.63) is 5.21 Å². The fourth-order valence-corrected chi connectivity index (χ4v) is 2.28. The Labute approximate surface area is 78.1 Å². The van der Waals surface area contributed by atoms with Gasteiger partial charge in [-0.1, -0.05) is 0 Å². The average molecular weight is 187 g/mol. The van der Waals surface area contributed by atoms with Crippen LogP contribution < -0.4 is 5.06 Å². The van der Waals surface area contributed by atoms with Gasteiger partial charge in [-0.15, -0.1) is 0 Å². The summed E-state index contributed by atoms with van der Waals surface area (Å²) in [4.78, 5) is 10.9. The molecular weight excluding hydrogens is 170 g/mol. The van der Waals surface area contributed by atoms with Gasteiger partial charge < -0.3 is 15.4 Å². The minimum absolute atomic E-state index is 0.0624. The predicted octanol–water partition coefficient (Wildman–Crippen LogP) is 0.0308. The van der Waals surface area contributed by atoms with Crippen LogP contribution in [-0.2, 0) is 4.79 Å². The SMILES string of the molecule is CC1(C)CC(C(=O)O)C(C)(C)[NH+]1[O-]. The monoisotopic (exact) mass is 187 g/mol. The summed E-state index contributed by atoms with van der Waals surface area (Å²) in [6.07, 6.45) is 0.453. The standard InChI is InChI=1S/C9H17NO3/c1-8(2)5-6(7(11)12)9(3,4)10(8)13/h6,10H,5H2,1-4H3,(H,11,12). The zero-order valence-corrected chi connectivity index (χ0v) is 8.55. The third kappa shape index (κ3) is 1.44. The molecule has 13 heavy (non-hydrogen) atoms. The van der Waals surface area contributed by atoms with E-state index in [1.54, 1.807) is 13.8 Å². The molecule has 4 nitrogen and oxygen atoms in total. The molecule has 0 aromatic rings. The third-order valence-corrected chi connectivity index (χ3v) is 3.08. The molecule has 1 saturated heterocycles. The number of nitrogens with one attached hydrogen (secondary N) is 1. The van der Waals surface area contributed by atoms with Crippen LogP contribution in [0.3, 0.4) is 0 Å². The van der Waals surface area contributed by atoms with Gasteiger partial charge in [-0.25, -0.2) is 0 Å². The zero-order chi connectivity index (χ0) is 10.4. The Morgan fingerprint density at radius 2 is 1.92 bits per heavy atom. The van der Waals surface area contributed by atoms with E-state index in [1.165, 1.54) is 0 Å². The molecule has 2 N–H and O–H groups in total. The lowest BCUT2D eigenvalue weighted by Crippen LogP contribution is -3.19. The van der Waals surface area contributed by atoms with Crippen molar-refractivity contribution in [1.82, 2.24) is 0 Å². The summed E-state index contributed by atoms with van der Waals surface area (Å²) in [6, 6.07) is 0. The normalized spacial score (nSPS) is 36.1. The number of aliphatic carboxylic acids is 1. The molecule has 0 saturated carbocycles. The Kier molecular flexibility index (Phi) is 2.16. The Bertz CT molecular complexity index is 235. The summed E-state index contributed by atoms with van der Waals surface area (Å²) in [7, 11) is 0. The molecule has 1 aliphatic rings. The second kappa shape index (κ2) is 2.69. The molecule has 4 heteroatoms. The number of carbonyl (C=O) groups is 1. The molecule has 2 unspecified atom stereocenters. The highest BCUT2D eigenvalue weighted by Crippen LogP contribution is 2.30. The van der Waals surface area contributed by atoms with Crippen molar-refractivity contribution >= 4 is 5.97 Å². The topological polar surface area (TPSA) is 64.8 Å². The highest BCUT2D eigenvalue weighted by atomic mass is 16.5. The fraction of sp³-hybridized carbons (Fsp3) is 0.889. The molecule has 1 heterocycles. The van der Waals surface area contributed by atoms with Gasteiger partial charge in [-0.05, 0) is 27.7 Å². The molecule has 0 radical (unpaired) electrons. The number of carboxylic acid groups (broad SMARTS) is 1. The van der Waals surface area contributed by atoms with Crippen LogP contribution in [0, 0.1) is 11.1 Å². The van der Waals surface area contributed by atoms with Crippen LogP contribution in [-0.4, -0.2) is 22.2 Å². The lowest BCUT2D eigenvalue weighted by molar-refractivity contribution is -0.933. The largest absolute Gasteiger partial charge is 0.634 e. The first-order valence-corrected chi connectivity index (χ1v) is 4.47. The summed E-state index contributed by atoms with van der Waals surface area (Å²) < 4.78 is 0. The van der Waals surface area contributed by atoms with Gasteiger partial charge in [-0.2, -0.15) is 0 Å². The van der Waals surface area contributed by atoms with E-state index in [0.29, 0.717) is 6.42 Å². The molecule has 1 rings (SSSR count). The Morgan fingerprint density at radius 3 is 2.08 bits per heavy atom. The summed E-state index contributed by atoms with van der Waals surface area (Å²) in [5, 5.41) is 20.8. The van der Waals surface area contributed by atoms with Gasteiger partial charge in [0.05, 0.1) is 5.54 Å². The zero-order valence-electron chi connectivity index (χ0n) is 8.55. The first-order valence-electron chi connectivity index (χ1n) is 4.47. The van der Waals surface area contributed by atoms with Gasteiger partial charge in [-0.3, -0.25) is 4.79 Å².